The van der Waals surface area contributed by atoms with Crippen LogP contribution in [0.3, 0.4) is 0 Å². The standard InChI is InChI=1S/C16H14FNO/c1-10(2)19-16-15-12(7-5-8-13(15)17)11-6-3-4-9-14(11)18-16/h3-10H,1-2H3. The van der Waals surface area contributed by atoms with Crippen LogP contribution in [0.15, 0.2) is 42.5 Å². The number of nitrogens with zero attached hydrogens (tertiary/aromatic N) is 1. The predicted molar refractivity (Wildman–Crippen MR) is 75.0 cm³/mol. The van der Waals surface area contributed by atoms with Gasteiger partial charge in [0.25, 0.3) is 0 Å². The Labute approximate surface area is 110 Å². The van der Waals surface area contributed by atoms with Gasteiger partial charge in [0.15, 0.2) is 0 Å². The molecule has 0 saturated carbocycles. The third kappa shape index (κ3) is 2.01. The van der Waals surface area contributed by atoms with Gasteiger partial charge in [0, 0.05) is 5.39 Å². The summed E-state index contributed by atoms with van der Waals surface area (Å²) in [5, 5.41) is 2.23. The summed E-state index contributed by atoms with van der Waals surface area (Å²) in [5.41, 5.74) is 0.816. The lowest BCUT2D eigenvalue weighted by Crippen LogP contribution is -2.08. The van der Waals surface area contributed by atoms with Crippen LogP contribution in [0.4, 0.5) is 4.39 Å². The average Bonchev–Trinajstić information content (AvgIpc) is 2.38. The summed E-state index contributed by atoms with van der Waals surface area (Å²) in [4.78, 5) is 4.44. The number of hydrogen-bond acceptors (Lipinski definition) is 2. The molecule has 0 radical (unpaired) electrons. The zero-order valence-corrected chi connectivity index (χ0v) is 10.9. The van der Waals surface area contributed by atoms with Gasteiger partial charge in [-0.05, 0) is 31.4 Å². The van der Waals surface area contributed by atoms with Crippen LogP contribution < -0.4 is 4.74 Å². The van der Waals surface area contributed by atoms with Gasteiger partial charge in [0.05, 0.1) is 17.0 Å². The average molecular weight is 255 g/mol. The number of pyridine rings is 1. The first kappa shape index (κ1) is 11.9. The highest BCUT2D eigenvalue weighted by molar-refractivity contribution is 6.07. The van der Waals surface area contributed by atoms with E-state index in [4.69, 9.17) is 4.74 Å². The van der Waals surface area contributed by atoms with Crippen LogP contribution in [0.2, 0.25) is 0 Å². The van der Waals surface area contributed by atoms with E-state index >= 15 is 0 Å². The summed E-state index contributed by atoms with van der Waals surface area (Å²) in [6.45, 7) is 3.81. The Kier molecular flexibility index (Phi) is 2.82. The Morgan fingerprint density at radius 1 is 1.00 bits per heavy atom. The topological polar surface area (TPSA) is 22.1 Å². The van der Waals surface area contributed by atoms with Gasteiger partial charge in [-0.15, -0.1) is 0 Å². The van der Waals surface area contributed by atoms with E-state index in [0.717, 1.165) is 16.3 Å². The molecule has 0 amide bonds. The third-order valence-corrected chi connectivity index (χ3v) is 2.99. The van der Waals surface area contributed by atoms with Crippen molar-refractivity contribution in [3.8, 4) is 5.88 Å². The lowest BCUT2D eigenvalue weighted by Gasteiger charge is -2.13. The highest BCUT2D eigenvalue weighted by atomic mass is 19.1. The predicted octanol–water partition coefficient (Wildman–Crippen LogP) is 4.31. The van der Waals surface area contributed by atoms with Gasteiger partial charge in [-0.3, -0.25) is 0 Å². The molecular weight excluding hydrogens is 241 g/mol. The molecule has 0 spiro atoms. The monoisotopic (exact) mass is 255 g/mol. The lowest BCUT2D eigenvalue weighted by molar-refractivity contribution is 0.236. The molecule has 0 aliphatic rings. The zero-order valence-electron chi connectivity index (χ0n) is 10.9. The third-order valence-electron chi connectivity index (χ3n) is 2.99. The second-order valence-electron chi connectivity index (χ2n) is 4.76. The first-order valence-electron chi connectivity index (χ1n) is 6.30. The molecule has 19 heavy (non-hydrogen) atoms. The molecule has 0 atom stereocenters. The molecule has 0 unspecified atom stereocenters. The maximum Gasteiger partial charge on any atom is 0.225 e. The van der Waals surface area contributed by atoms with Crippen molar-refractivity contribution in [2.45, 2.75) is 20.0 Å². The molecule has 1 heterocycles. The van der Waals surface area contributed by atoms with Gasteiger partial charge < -0.3 is 4.74 Å². The molecule has 1 aromatic heterocycles. The molecule has 3 heteroatoms. The Hall–Kier alpha value is -2.16. The van der Waals surface area contributed by atoms with Gasteiger partial charge in [0.2, 0.25) is 5.88 Å². The fourth-order valence-electron chi connectivity index (χ4n) is 2.24. The first-order chi connectivity index (χ1) is 9.16. The maximum absolute atomic E-state index is 14.1. The van der Waals surface area contributed by atoms with E-state index in [1.54, 1.807) is 6.07 Å². The fraction of sp³-hybridized carbons (Fsp3) is 0.188. The van der Waals surface area contributed by atoms with E-state index in [-0.39, 0.29) is 11.9 Å². The van der Waals surface area contributed by atoms with Gasteiger partial charge in [0.1, 0.15) is 5.82 Å². The Bertz CT molecular complexity index is 752. The van der Waals surface area contributed by atoms with Crippen molar-refractivity contribution in [2.75, 3.05) is 0 Å². The van der Waals surface area contributed by atoms with Gasteiger partial charge in [-0.2, -0.15) is 0 Å². The largest absolute Gasteiger partial charge is 0.474 e. The number of ether oxygens (including phenoxy) is 1. The second-order valence-corrected chi connectivity index (χ2v) is 4.76. The number of fused-ring (bicyclic) bond motifs is 3. The molecule has 96 valence electrons. The minimum Gasteiger partial charge on any atom is -0.474 e. The van der Waals surface area contributed by atoms with Gasteiger partial charge in [-0.1, -0.05) is 30.3 Å². The summed E-state index contributed by atoms with van der Waals surface area (Å²) in [6.07, 6.45) is -0.0449. The summed E-state index contributed by atoms with van der Waals surface area (Å²) in [6, 6.07) is 12.7. The van der Waals surface area contributed by atoms with Crippen LogP contribution >= 0.6 is 0 Å². The Balaban J connectivity index is 2.44. The van der Waals surface area contributed by atoms with E-state index in [1.807, 2.05) is 44.2 Å². The summed E-state index contributed by atoms with van der Waals surface area (Å²) in [5.74, 6) is 0.0632. The molecule has 3 aromatic rings. The van der Waals surface area contributed by atoms with Gasteiger partial charge in [-0.25, -0.2) is 9.37 Å². The minimum atomic E-state index is -0.300. The van der Waals surface area contributed by atoms with E-state index < -0.39 is 0 Å². The van der Waals surface area contributed by atoms with Crippen molar-refractivity contribution >= 4 is 21.7 Å². The molecule has 2 nitrogen and oxygen atoms in total. The molecular formula is C16H14FNO. The molecule has 0 aliphatic heterocycles. The van der Waals surface area contributed by atoms with E-state index in [2.05, 4.69) is 4.98 Å². The maximum atomic E-state index is 14.1. The molecule has 0 saturated heterocycles. The Morgan fingerprint density at radius 2 is 1.74 bits per heavy atom. The highest BCUT2D eigenvalue weighted by Gasteiger charge is 2.13. The van der Waals surface area contributed by atoms with Crippen molar-refractivity contribution in [3.05, 3.63) is 48.3 Å². The van der Waals surface area contributed by atoms with Crippen LogP contribution in [-0.2, 0) is 0 Å². The number of rotatable bonds is 2. The van der Waals surface area contributed by atoms with Crippen LogP contribution in [0, 0.1) is 5.82 Å². The minimum absolute atomic E-state index is 0.0449. The first-order valence-corrected chi connectivity index (χ1v) is 6.30. The molecule has 0 bridgehead atoms. The summed E-state index contributed by atoms with van der Waals surface area (Å²) in [7, 11) is 0. The SMILES string of the molecule is CC(C)Oc1nc2ccccc2c2cccc(F)c12. The number of halogens is 1. The van der Waals surface area contributed by atoms with Crippen molar-refractivity contribution in [3.63, 3.8) is 0 Å². The van der Waals surface area contributed by atoms with E-state index in [1.165, 1.54) is 6.07 Å². The van der Waals surface area contributed by atoms with Crippen LogP contribution in [-0.4, -0.2) is 11.1 Å². The smallest absolute Gasteiger partial charge is 0.225 e. The fourth-order valence-corrected chi connectivity index (χ4v) is 2.24. The quantitative estimate of drug-likeness (QED) is 0.636. The van der Waals surface area contributed by atoms with E-state index in [9.17, 15) is 4.39 Å². The van der Waals surface area contributed by atoms with Crippen molar-refractivity contribution < 1.29 is 9.13 Å². The number of hydrogen-bond donors (Lipinski definition) is 0. The highest BCUT2D eigenvalue weighted by Crippen LogP contribution is 2.32. The van der Waals surface area contributed by atoms with Crippen LogP contribution in [0.25, 0.3) is 21.7 Å². The van der Waals surface area contributed by atoms with E-state index in [0.29, 0.717) is 11.3 Å². The number of benzene rings is 2. The molecule has 3 rings (SSSR count). The zero-order chi connectivity index (χ0) is 13.4. The van der Waals surface area contributed by atoms with Crippen LogP contribution in [0.1, 0.15) is 13.8 Å². The lowest BCUT2D eigenvalue weighted by atomic mass is 10.1. The molecule has 2 aromatic carbocycles. The van der Waals surface area contributed by atoms with Crippen LogP contribution in [0.5, 0.6) is 5.88 Å². The number of aromatic nitrogens is 1. The number of para-hydroxylation sites is 1. The normalized spacial score (nSPS) is 11.4. The second kappa shape index (κ2) is 4.50. The summed E-state index contributed by atoms with van der Waals surface area (Å²) >= 11 is 0. The van der Waals surface area contributed by atoms with Crippen molar-refractivity contribution in [2.24, 2.45) is 0 Å². The molecule has 0 aliphatic carbocycles. The molecule has 0 N–H and O–H groups in total. The summed E-state index contributed by atoms with van der Waals surface area (Å²) < 4.78 is 19.8. The van der Waals surface area contributed by atoms with Crippen molar-refractivity contribution in [1.29, 1.82) is 0 Å². The van der Waals surface area contributed by atoms with Gasteiger partial charge >= 0.3 is 0 Å². The molecule has 0 fully saturated rings. The van der Waals surface area contributed by atoms with Crippen molar-refractivity contribution in [1.82, 2.24) is 4.98 Å². The Morgan fingerprint density at radius 3 is 2.53 bits per heavy atom.